The van der Waals surface area contributed by atoms with Gasteiger partial charge in [-0.05, 0) is 11.6 Å². The van der Waals surface area contributed by atoms with E-state index >= 15 is 0 Å². The van der Waals surface area contributed by atoms with Crippen molar-refractivity contribution in [3.05, 3.63) is 29.8 Å². The molecule has 0 amide bonds. The van der Waals surface area contributed by atoms with Crippen molar-refractivity contribution in [1.29, 1.82) is 0 Å². The SMILES string of the molecule is N[C@@H](CC1Cc2ccccc2O1)C(=O)O. The third-order valence-electron chi connectivity index (χ3n) is 2.55. The molecule has 0 bridgehead atoms. The molecule has 0 radical (unpaired) electrons. The molecule has 3 N–H and O–H groups in total. The van der Waals surface area contributed by atoms with E-state index in [4.69, 9.17) is 15.6 Å². The fourth-order valence-electron chi connectivity index (χ4n) is 1.77. The molecule has 1 aliphatic heterocycles. The van der Waals surface area contributed by atoms with E-state index in [1.54, 1.807) is 0 Å². The minimum Gasteiger partial charge on any atom is -0.490 e. The molecule has 1 aromatic rings. The van der Waals surface area contributed by atoms with Crippen molar-refractivity contribution in [2.75, 3.05) is 0 Å². The van der Waals surface area contributed by atoms with Crippen LogP contribution in [0, 0.1) is 0 Å². The Hall–Kier alpha value is -1.55. The number of ether oxygens (including phenoxy) is 1. The lowest BCUT2D eigenvalue weighted by Crippen LogP contribution is -2.35. The number of fused-ring (bicyclic) bond motifs is 1. The first kappa shape index (κ1) is 9.98. The predicted molar refractivity (Wildman–Crippen MR) is 54.8 cm³/mol. The number of nitrogens with two attached hydrogens (primary N) is 1. The Morgan fingerprint density at radius 3 is 3.00 bits per heavy atom. The highest BCUT2D eigenvalue weighted by Gasteiger charge is 2.26. The zero-order valence-electron chi connectivity index (χ0n) is 8.22. The van der Waals surface area contributed by atoms with Gasteiger partial charge in [0.15, 0.2) is 0 Å². The number of carboxylic acids is 1. The van der Waals surface area contributed by atoms with Crippen LogP contribution < -0.4 is 10.5 Å². The molecule has 1 aliphatic rings. The summed E-state index contributed by atoms with van der Waals surface area (Å²) in [6.45, 7) is 0. The Morgan fingerprint density at radius 1 is 1.60 bits per heavy atom. The molecule has 1 aromatic carbocycles. The summed E-state index contributed by atoms with van der Waals surface area (Å²) in [6.07, 6.45) is 0.995. The van der Waals surface area contributed by atoms with E-state index in [0.717, 1.165) is 17.7 Å². The zero-order valence-corrected chi connectivity index (χ0v) is 8.22. The largest absolute Gasteiger partial charge is 0.490 e. The van der Waals surface area contributed by atoms with Crippen molar-refractivity contribution < 1.29 is 14.6 Å². The van der Waals surface area contributed by atoms with Gasteiger partial charge in [0.25, 0.3) is 0 Å². The van der Waals surface area contributed by atoms with Crippen molar-refractivity contribution in [3.8, 4) is 5.75 Å². The van der Waals surface area contributed by atoms with Crippen LogP contribution in [0.5, 0.6) is 5.75 Å². The number of carboxylic acid groups (broad SMARTS) is 1. The third kappa shape index (κ3) is 2.10. The summed E-state index contributed by atoms with van der Waals surface area (Å²) in [7, 11) is 0. The standard InChI is InChI=1S/C11H13NO3/c12-9(11(13)14)6-8-5-7-3-1-2-4-10(7)15-8/h1-4,8-9H,5-6,12H2,(H,13,14)/t8?,9-/m0/s1. The van der Waals surface area contributed by atoms with E-state index in [2.05, 4.69) is 0 Å². The van der Waals surface area contributed by atoms with Gasteiger partial charge in [0.2, 0.25) is 0 Å². The summed E-state index contributed by atoms with van der Waals surface area (Å²) in [6, 6.07) is 6.88. The van der Waals surface area contributed by atoms with Crippen LogP contribution in [0.4, 0.5) is 0 Å². The summed E-state index contributed by atoms with van der Waals surface area (Å²) in [5.41, 5.74) is 6.58. The van der Waals surface area contributed by atoms with Gasteiger partial charge in [-0.1, -0.05) is 18.2 Å². The second-order valence-electron chi connectivity index (χ2n) is 3.73. The summed E-state index contributed by atoms with van der Waals surface area (Å²) in [5, 5.41) is 8.68. The highest BCUT2D eigenvalue weighted by Crippen LogP contribution is 2.29. The summed E-state index contributed by atoms with van der Waals surface area (Å²) >= 11 is 0. The minimum atomic E-state index is -0.977. The third-order valence-corrected chi connectivity index (χ3v) is 2.55. The quantitative estimate of drug-likeness (QED) is 0.768. The average molecular weight is 207 g/mol. The molecule has 2 rings (SSSR count). The van der Waals surface area contributed by atoms with Crippen molar-refractivity contribution in [3.63, 3.8) is 0 Å². The molecule has 4 heteroatoms. The van der Waals surface area contributed by atoms with E-state index in [1.165, 1.54) is 0 Å². The lowest BCUT2D eigenvalue weighted by Gasteiger charge is -2.12. The second-order valence-corrected chi connectivity index (χ2v) is 3.73. The van der Waals surface area contributed by atoms with Gasteiger partial charge in [0, 0.05) is 12.8 Å². The molecule has 2 atom stereocenters. The van der Waals surface area contributed by atoms with E-state index in [0.29, 0.717) is 6.42 Å². The lowest BCUT2D eigenvalue weighted by atomic mass is 10.0. The van der Waals surface area contributed by atoms with Gasteiger partial charge in [-0.25, -0.2) is 0 Å². The van der Waals surface area contributed by atoms with Gasteiger partial charge in [0.1, 0.15) is 17.9 Å². The number of benzene rings is 1. The zero-order chi connectivity index (χ0) is 10.8. The summed E-state index contributed by atoms with van der Waals surface area (Å²) in [5.74, 6) is -0.130. The van der Waals surface area contributed by atoms with Gasteiger partial charge >= 0.3 is 5.97 Å². The van der Waals surface area contributed by atoms with Crippen LogP contribution in [0.3, 0.4) is 0 Å². The molecule has 1 heterocycles. The van der Waals surface area contributed by atoms with Crippen LogP contribution in [-0.4, -0.2) is 23.2 Å². The molecule has 4 nitrogen and oxygen atoms in total. The van der Waals surface area contributed by atoms with Gasteiger partial charge < -0.3 is 15.6 Å². The maximum atomic E-state index is 10.6. The number of aliphatic carboxylic acids is 1. The molecule has 0 saturated carbocycles. The van der Waals surface area contributed by atoms with Crippen LogP contribution in [0.2, 0.25) is 0 Å². The van der Waals surface area contributed by atoms with E-state index in [1.807, 2.05) is 24.3 Å². The fourth-order valence-corrected chi connectivity index (χ4v) is 1.77. The number of carbonyl (C=O) groups is 1. The Kier molecular flexibility index (Phi) is 2.60. The molecule has 0 fully saturated rings. The first-order chi connectivity index (χ1) is 7.16. The molecule has 80 valence electrons. The Morgan fingerprint density at radius 2 is 2.33 bits per heavy atom. The van der Waals surface area contributed by atoms with E-state index in [-0.39, 0.29) is 6.10 Å². The van der Waals surface area contributed by atoms with Gasteiger partial charge in [0.05, 0.1) is 0 Å². The Labute approximate surface area is 87.7 Å². The average Bonchev–Trinajstić information content (AvgIpc) is 2.59. The first-order valence-corrected chi connectivity index (χ1v) is 4.90. The van der Waals surface area contributed by atoms with Crippen LogP contribution in [-0.2, 0) is 11.2 Å². The second kappa shape index (κ2) is 3.90. The monoisotopic (exact) mass is 207 g/mol. The predicted octanol–water partition coefficient (Wildman–Crippen LogP) is 0.792. The van der Waals surface area contributed by atoms with Crippen molar-refractivity contribution in [2.24, 2.45) is 5.73 Å². The number of hydrogen-bond acceptors (Lipinski definition) is 3. The van der Waals surface area contributed by atoms with Crippen molar-refractivity contribution in [1.82, 2.24) is 0 Å². The molecule has 0 aliphatic carbocycles. The molecular weight excluding hydrogens is 194 g/mol. The van der Waals surface area contributed by atoms with Crippen LogP contribution in [0.15, 0.2) is 24.3 Å². The van der Waals surface area contributed by atoms with E-state index in [9.17, 15) is 4.79 Å². The molecule has 1 unspecified atom stereocenters. The normalized spacial score (nSPS) is 20.5. The molecular formula is C11H13NO3. The van der Waals surface area contributed by atoms with Crippen LogP contribution in [0.1, 0.15) is 12.0 Å². The van der Waals surface area contributed by atoms with Crippen LogP contribution in [0.25, 0.3) is 0 Å². The number of hydrogen-bond donors (Lipinski definition) is 2. The van der Waals surface area contributed by atoms with E-state index < -0.39 is 12.0 Å². The maximum absolute atomic E-state index is 10.6. The first-order valence-electron chi connectivity index (χ1n) is 4.90. The molecule has 15 heavy (non-hydrogen) atoms. The molecule has 0 saturated heterocycles. The van der Waals surface area contributed by atoms with Crippen LogP contribution >= 0.6 is 0 Å². The minimum absolute atomic E-state index is 0.103. The Balaban J connectivity index is 1.99. The molecule has 0 aromatic heterocycles. The topological polar surface area (TPSA) is 72.5 Å². The Bertz CT molecular complexity index is 353. The summed E-state index contributed by atoms with van der Waals surface area (Å²) < 4.78 is 5.58. The highest BCUT2D eigenvalue weighted by molar-refractivity contribution is 5.73. The summed E-state index contributed by atoms with van der Waals surface area (Å²) in [4.78, 5) is 10.6. The maximum Gasteiger partial charge on any atom is 0.320 e. The van der Waals surface area contributed by atoms with Crippen molar-refractivity contribution >= 4 is 5.97 Å². The molecule has 0 spiro atoms. The van der Waals surface area contributed by atoms with Gasteiger partial charge in [-0.3, -0.25) is 4.79 Å². The number of para-hydroxylation sites is 1. The van der Waals surface area contributed by atoms with Gasteiger partial charge in [-0.2, -0.15) is 0 Å². The highest BCUT2D eigenvalue weighted by atomic mass is 16.5. The van der Waals surface area contributed by atoms with Gasteiger partial charge in [-0.15, -0.1) is 0 Å². The fraction of sp³-hybridized carbons (Fsp3) is 0.364. The lowest BCUT2D eigenvalue weighted by molar-refractivity contribution is -0.139. The smallest absolute Gasteiger partial charge is 0.320 e. The van der Waals surface area contributed by atoms with Crippen molar-refractivity contribution in [2.45, 2.75) is 25.0 Å². The number of rotatable bonds is 3.